The molecule has 0 bridgehead atoms. The summed E-state index contributed by atoms with van der Waals surface area (Å²) in [5.41, 5.74) is 0. The number of hydrogen-bond donors (Lipinski definition) is 2. The van der Waals surface area contributed by atoms with Crippen LogP contribution in [0.3, 0.4) is 0 Å². The standard InChI is InChI=1S/C18H29N2O6P/c1-12(2)24-17(21)14(5)19-27(23,26-16-10-8-7-9-11-16)20-15(6)18(22)25-13(3)4/h7-15H,1-6H3,(H2,19,20,23)/t14-,15+,27?. The van der Waals surface area contributed by atoms with E-state index in [0.29, 0.717) is 5.75 Å². The number of benzene rings is 1. The Kier molecular flexibility index (Phi) is 8.96. The molecule has 2 N–H and O–H groups in total. The summed E-state index contributed by atoms with van der Waals surface area (Å²) < 4.78 is 29.1. The highest BCUT2D eigenvalue weighted by atomic mass is 31.2. The molecule has 0 aliphatic carbocycles. The van der Waals surface area contributed by atoms with Gasteiger partial charge in [0.15, 0.2) is 0 Å². The molecule has 0 amide bonds. The normalized spacial score (nSPS) is 15.7. The van der Waals surface area contributed by atoms with Crippen molar-refractivity contribution in [1.82, 2.24) is 10.2 Å². The summed E-state index contributed by atoms with van der Waals surface area (Å²) in [5, 5.41) is 5.25. The first-order valence-corrected chi connectivity index (χ1v) is 10.5. The number of nitrogens with one attached hydrogen (secondary N) is 2. The molecule has 0 aliphatic heterocycles. The van der Waals surface area contributed by atoms with Crippen LogP contribution in [-0.4, -0.2) is 36.2 Å². The van der Waals surface area contributed by atoms with E-state index in [4.69, 9.17) is 14.0 Å². The third-order valence-corrected chi connectivity index (χ3v) is 5.04. The van der Waals surface area contributed by atoms with Gasteiger partial charge in [-0.25, -0.2) is 14.7 Å². The summed E-state index contributed by atoms with van der Waals surface area (Å²) in [5.74, 6) is -0.850. The minimum atomic E-state index is -3.85. The van der Waals surface area contributed by atoms with Crippen molar-refractivity contribution in [3.05, 3.63) is 30.3 Å². The highest BCUT2D eigenvalue weighted by molar-refractivity contribution is 7.55. The first kappa shape index (κ1) is 23.1. The van der Waals surface area contributed by atoms with E-state index in [1.807, 2.05) is 0 Å². The van der Waals surface area contributed by atoms with Gasteiger partial charge < -0.3 is 14.0 Å². The molecule has 0 spiro atoms. The van der Waals surface area contributed by atoms with E-state index >= 15 is 0 Å². The molecular formula is C18H29N2O6P. The smallest absolute Gasteiger partial charge is 0.391 e. The predicted molar refractivity (Wildman–Crippen MR) is 102 cm³/mol. The van der Waals surface area contributed by atoms with Crippen molar-refractivity contribution in [2.24, 2.45) is 0 Å². The number of carbonyl (C=O) groups is 2. The van der Waals surface area contributed by atoms with Gasteiger partial charge >= 0.3 is 19.6 Å². The number of esters is 2. The first-order chi connectivity index (χ1) is 12.5. The minimum absolute atomic E-state index is 0.315. The maximum atomic E-state index is 13.3. The number of rotatable bonds is 10. The fourth-order valence-electron chi connectivity index (χ4n) is 2.00. The lowest BCUT2D eigenvalue weighted by molar-refractivity contribution is -0.149. The lowest BCUT2D eigenvalue weighted by Gasteiger charge is -2.26. The first-order valence-electron chi connectivity index (χ1n) is 8.83. The van der Waals surface area contributed by atoms with Crippen molar-refractivity contribution >= 4 is 19.6 Å². The molecule has 1 aromatic rings. The molecule has 0 saturated heterocycles. The molecular weight excluding hydrogens is 371 g/mol. The second-order valence-electron chi connectivity index (χ2n) is 6.63. The van der Waals surface area contributed by atoms with Gasteiger partial charge in [-0.15, -0.1) is 0 Å². The predicted octanol–water partition coefficient (Wildman–Crippen LogP) is 3.03. The van der Waals surface area contributed by atoms with Gasteiger partial charge in [-0.05, 0) is 53.7 Å². The second kappa shape index (κ2) is 10.4. The van der Waals surface area contributed by atoms with Crippen molar-refractivity contribution in [2.45, 2.75) is 65.8 Å². The highest BCUT2D eigenvalue weighted by Gasteiger charge is 2.34. The van der Waals surface area contributed by atoms with Gasteiger partial charge in [0.2, 0.25) is 0 Å². The lowest BCUT2D eigenvalue weighted by atomic mass is 10.3. The van der Waals surface area contributed by atoms with Crippen LogP contribution in [-0.2, 0) is 23.6 Å². The van der Waals surface area contributed by atoms with Crippen LogP contribution in [0.4, 0.5) is 0 Å². The Hall–Kier alpha value is -1.89. The Morgan fingerprint density at radius 3 is 1.59 bits per heavy atom. The van der Waals surface area contributed by atoms with E-state index in [2.05, 4.69) is 10.2 Å². The Bertz CT molecular complexity index is 631. The third-order valence-electron chi connectivity index (χ3n) is 3.12. The van der Waals surface area contributed by atoms with Gasteiger partial charge in [0.05, 0.1) is 12.2 Å². The van der Waals surface area contributed by atoms with Gasteiger partial charge in [0.1, 0.15) is 17.8 Å². The fraction of sp³-hybridized carbons (Fsp3) is 0.556. The topological polar surface area (TPSA) is 103 Å². The van der Waals surface area contributed by atoms with Crippen molar-refractivity contribution in [2.75, 3.05) is 0 Å². The molecule has 0 fully saturated rings. The van der Waals surface area contributed by atoms with Crippen LogP contribution in [0.25, 0.3) is 0 Å². The number of para-hydroxylation sites is 1. The van der Waals surface area contributed by atoms with E-state index in [9.17, 15) is 14.2 Å². The summed E-state index contributed by atoms with van der Waals surface area (Å²) >= 11 is 0. The van der Waals surface area contributed by atoms with Gasteiger partial charge in [0.25, 0.3) is 0 Å². The average molecular weight is 400 g/mol. The van der Waals surface area contributed by atoms with E-state index in [1.54, 1.807) is 58.0 Å². The zero-order chi connectivity index (χ0) is 20.6. The molecule has 0 saturated carbocycles. The van der Waals surface area contributed by atoms with Crippen molar-refractivity contribution < 1.29 is 28.2 Å². The minimum Gasteiger partial charge on any atom is -0.462 e. The van der Waals surface area contributed by atoms with Crippen molar-refractivity contribution in [1.29, 1.82) is 0 Å². The molecule has 8 nitrogen and oxygen atoms in total. The molecule has 0 aromatic heterocycles. The maximum Gasteiger partial charge on any atom is 0.391 e. The van der Waals surface area contributed by atoms with E-state index in [1.165, 1.54) is 13.8 Å². The fourth-order valence-corrected chi connectivity index (χ4v) is 3.83. The molecule has 0 heterocycles. The number of hydrogen-bond acceptors (Lipinski definition) is 6. The summed E-state index contributed by atoms with van der Waals surface area (Å²) in [4.78, 5) is 24.1. The summed E-state index contributed by atoms with van der Waals surface area (Å²) in [6.07, 6.45) is -0.631. The summed E-state index contributed by atoms with van der Waals surface area (Å²) in [6.45, 7) is 9.87. The molecule has 0 aliphatic rings. The van der Waals surface area contributed by atoms with E-state index in [0.717, 1.165) is 0 Å². The van der Waals surface area contributed by atoms with Crippen molar-refractivity contribution in [3.63, 3.8) is 0 Å². The van der Waals surface area contributed by atoms with Crippen LogP contribution >= 0.6 is 7.67 Å². The number of ether oxygens (including phenoxy) is 2. The van der Waals surface area contributed by atoms with Crippen LogP contribution in [0, 0.1) is 0 Å². The van der Waals surface area contributed by atoms with Gasteiger partial charge in [-0.2, -0.15) is 0 Å². The van der Waals surface area contributed by atoms with E-state index in [-0.39, 0.29) is 12.2 Å². The number of carbonyl (C=O) groups excluding carboxylic acids is 2. The summed E-state index contributed by atoms with van der Waals surface area (Å²) in [6, 6.07) is 6.59. The van der Waals surface area contributed by atoms with Crippen molar-refractivity contribution in [3.8, 4) is 5.75 Å². The molecule has 152 valence electrons. The molecule has 27 heavy (non-hydrogen) atoms. The molecule has 1 rings (SSSR count). The van der Waals surface area contributed by atoms with Crippen LogP contribution in [0.1, 0.15) is 41.5 Å². The lowest BCUT2D eigenvalue weighted by Crippen LogP contribution is -2.43. The zero-order valence-corrected chi connectivity index (χ0v) is 17.5. The Morgan fingerprint density at radius 1 is 0.815 bits per heavy atom. The SMILES string of the molecule is CC(C)OC(=O)[C@H](C)NP(=O)(N[C@H](C)C(=O)OC(C)C)Oc1ccccc1. The van der Waals surface area contributed by atoms with Crippen LogP contribution in [0.5, 0.6) is 5.75 Å². The van der Waals surface area contributed by atoms with Crippen LogP contribution in [0.15, 0.2) is 30.3 Å². The van der Waals surface area contributed by atoms with Gasteiger partial charge in [0, 0.05) is 0 Å². The van der Waals surface area contributed by atoms with Gasteiger partial charge in [-0.3, -0.25) is 9.59 Å². The van der Waals surface area contributed by atoms with Crippen LogP contribution in [0.2, 0.25) is 0 Å². The van der Waals surface area contributed by atoms with E-state index < -0.39 is 31.7 Å². The molecule has 1 aromatic carbocycles. The zero-order valence-electron chi connectivity index (χ0n) is 16.6. The van der Waals surface area contributed by atoms with Crippen LogP contribution < -0.4 is 14.7 Å². The maximum absolute atomic E-state index is 13.3. The Balaban J connectivity index is 2.96. The summed E-state index contributed by atoms with van der Waals surface area (Å²) in [7, 11) is -3.85. The molecule has 1 unspecified atom stereocenters. The molecule has 9 heteroatoms. The highest BCUT2D eigenvalue weighted by Crippen LogP contribution is 2.40. The molecule has 0 radical (unpaired) electrons. The molecule has 3 atom stereocenters. The second-order valence-corrected chi connectivity index (χ2v) is 8.43. The largest absolute Gasteiger partial charge is 0.462 e. The third kappa shape index (κ3) is 8.56. The quantitative estimate of drug-likeness (QED) is 0.456. The Labute approximate surface area is 160 Å². The average Bonchev–Trinajstić information content (AvgIpc) is 2.53. The Morgan fingerprint density at radius 2 is 1.22 bits per heavy atom. The van der Waals surface area contributed by atoms with Gasteiger partial charge in [-0.1, -0.05) is 18.2 Å². The monoisotopic (exact) mass is 400 g/mol.